The highest BCUT2D eigenvalue weighted by Crippen LogP contribution is 2.07. The van der Waals surface area contributed by atoms with Crippen LogP contribution in [0.4, 0.5) is 0 Å². The molecule has 0 aliphatic heterocycles. The second-order valence-electron chi connectivity index (χ2n) is 2.19. The molecular weight excluding hydrogens is 150 g/mol. The maximum absolute atomic E-state index is 11.1. The topological polar surface area (TPSA) is 37.4 Å². The molecule has 0 spiro atoms. The Morgan fingerprint density at radius 3 is 1.90 bits per heavy atom. The van der Waals surface area contributed by atoms with Gasteiger partial charge in [-0.15, -0.1) is 0 Å². The molecule has 0 atom stereocenters. The largest absolute Gasteiger partial charge is 0.238 e. The average molecular weight is 163 g/mol. The number of sulfonamides is 1. The first-order valence-electron chi connectivity index (χ1n) is 2.98. The summed E-state index contributed by atoms with van der Waals surface area (Å²) in [5.41, 5.74) is 0. The molecule has 10 heavy (non-hydrogen) atoms. The normalized spacial score (nSPS) is 14.3. The maximum Gasteiger partial charge on any atom is 0.238 e. The van der Waals surface area contributed by atoms with Crippen molar-refractivity contribution in [1.29, 1.82) is 0 Å². The summed E-state index contributed by atoms with van der Waals surface area (Å²) in [5.74, 6) is 0. The van der Waals surface area contributed by atoms with Gasteiger partial charge in [0.2, 0.25) is 10.0 Å². The minimum absolute atomic E-state index is 0.387. The highest BCUT2D eigenvalue weighted by atomic mass is 32.2. The molecule has 0 radical (unpaired) electrons. The molecule has 0 aromatic heterocycles. The summed E-state index contributed by atoms with van der Waals surface area (Å²) in [5, 5.41) is 0. The molecule has 0 saturated heterocycles. The molecule has 0 fully saturated rings. The Morgan fingerprint density at radius 1 is 1.40 bits per heavy atom. The van der Waals surface area contributed by atoms with Crippen LogP contribution in [0.15, 0.2) is 11.0 Å². The van der Waals surface area contributed by atoms with Gasteiger partial charge in [0.05, 0.1) is 4.91 Å². The van der Waals surface area contributed by atoms with Crippen LogP contribution in [0.1, 0.15) is 13.8 Å². The maximum atomic E-state index is 11.1. The first kappa shape index (κ1) is 9.65. The fraction of sp³-hybridized carbons (Fsp3) is 0.667. The molecule has 0 aromatic rings. The van der Waals surface area contributed by atoms with E-state index in [1.54, 1.807) is 19.9 Å². The molecule has 3 nitrogen and oxygen atoms in total. The summed E-state index contributed by atoms with van der Waals surface area (Å²) >= 11 is 0. The number of hydrogen-bond donors (Lipinski definition) is 0. The highest BCUT2D eigenvalue weighted by molar-refractivity contribution is 7.92. The first-order chi connectivity index (χ1) is 4.42. The zero-order valence-electron chi connectivity index (χ0n) is 6.75. The fourth-order valence-electron chi connectivity index (χ4n) is 0.437. The summed E-state index contributed by atoms with van der Waals surface area (Å²) in [6.07, 6.45) is 1.58. The molecule has 0 bridgehead atoms. The van der Waals surface area contributed by atoms with Crippen molar-refractivity contribution in [3.63, 3.8) is 0 Å². The first-order valence-corrected chi connectivity index (χ1v) is 4.42. The van der Waals surface area contributed by atoms with Crippen molar-refractivity contribution in [1.82, 2.24) is 4.31 Å². The van der Waals surface area contributed by atoms with Gasteiger partial charge in [-0.2, -0.15) is 0 Å². The van der Waals surface area contributed by atoms with Crippen LogP contribution in [0.5, 0.6) is 0 Å². The van der Waals surface area contributed by atoms with Crippen molar-refractivity contribution in [2.75, 3.05) is 14.1 Å². The molecule has 0 aromatic carbocycles. The summed E-state index contributed by atoms with van der Waals surface area (Å²) in [4.78, 5) is 0.387. The minimum atomic E-state index is -3.13. The monoisotopic (exact) mass is 163 g/mol. The van der Waals surface area contributed by atoms with Crippen LogP contribution < -0.4 is 0 Å². The van der Waals surface area contributed by atoms with Gasteiger partial charge in [-0.05, 0) is 13.8 Å². The van der Waals surface area contributed by atoms with Crippen LogP contribution >= 0.6 is 0 Å². The Morgan fingerprint density at radius 2 is 1.80 bits per heavy atom. The Bertz CT molecular complexity index is 226. The second-order valence-corrected chi connectivity index (χ2v) is 4.51. The Balaban J connectivity index is 4.78. The predicted molar refractivity (Wildman–Crippen MR) is 42.0 cm³/mol. The molecule has 60 valence electrons. The van der Waals surface area contributed by atoms with E-state index >= 15 is 0 Å². The number of rotatable bonds is 2. The fourth-order valence-corrected chi connectivity index (χ4v) is 1.31. The van der Waals surface area contributed by atoms with Crippen molar-refractivity contribution in [2.24, 2.45) is 0 Å². The van der Waals surface area contributed by atoms with Crippen LogP contribution in [-0.2, 0) is 10.0 Å². The lowest BCUT2D eigenvalue weighted by molar-refractivity contribution is 0.528. The van der Waals surface area contributed by atoms with Crippen molar-refractivity contribution >= 4 is 10.0 Å². The highest BCUT2D eigenvalue weighted by Gasteiger charge is 2.14. The lowest BCUT2D eigenvalue weighted by Crippen LogP contribution is -2.22. The van der Waals surface area contributed by atoms with E-state index in [2.05, 4.69) is 0 Å². The number of hydrogen-bond acceptors (Lipinski definition) is 2. The van der Waals surface area contributed by atoms with E-state index in [-0.39, 0.29) is 0 Å². The molecule has 0 amide bonds. The summed E-state index contributed by atoms with van der Waals surface area (Å²) in [7, 11) is -0.100. The van der Waals surface area contributed by atoms with E-state index in [4.69, 9.17) is 0 Å². The molecule has 0 N–H and O–H groups in total. The second kappa shape index (κ2) is 3.16. The van der Waals surface area contributed by atoms with Gasteiger partial charge in [-0.1, -0.05) is 6.08 Å². The van der Waals surface area contributed by atoms with Gasteiger partial charge < -0.3 is 0 Å². The molecule has 0 aliphatic rings. The molecule has 4 heteroatoms. The van der Waals surface area contributed by atoms with Gasteiger partial charge in [-0.25, -0.2) is 12.7 Å². The zero-order chi connectivity index (χ0) is 8.36. The minimum Gasteiger partial charge on any atom is -0.207 e. The molecule has 0 unspecified atom stereocenters. The third kappa shape index (κ3) is 1.82. The summed E-state index contributed by atoms with van der Waals surface area (Å²) < 4.78 is 23.4. The SMILES string of the molecule is C/C=C(\C)S(=O)(=O)N(C)C. The van der Waals surface area contributed by atoms with Gasteiger partial charge in [0.25, 0.3) is 0 Å². The van der Waals surface area contributed by atoms with Crippen LogP contribution in [0.2, 0.25) is 0 Å². The molecule has 0 saturated carbocycles. The van der Waals surface area contributed by atoms with Crippen molar-refractivity contribution in [3.8, 4) is 0 Å². The van der Waals surface area contributed by atoms with E-state index in [0.717, 1.165) is 0 Å². The quantitative estimate of drug-likeness (QED) is 0.604. The van der Waals surface area contributed by atoms with Crippen LogP contribution in [0.25, 0.3) is 0 Å². The Kier molecular flexibility index (Phi) is 3.05. The predicted octanol–water partition coefficient (Wildman–Crippen LogP) is 0.802. The van der Waals surface area contributed by atoms with Gasteiger partial charge >= 0.3 is 0 Å². The van der Waals surface area contributed by atoms with E-state index in [1.807, 2.05) is 0 Å². The molecule has 0 aliphatic carbocycles. The van der Waals surface area contributed by atoms with Crippen LogP contribution in [0.3, 0.4) is 0 Å². The lowest BCUT2D eigenvalue weighted by Gasteiger charge is -2.10. The average Bonchev–Trinajstić information content (AvgIpc) is 1.86. The van der Waals surface area contributed by atoms with E-state index < -0.39 is 10.0 Å². The summed E-state index contributed by atoms with van der Waals surface area (Å²) in [6.45, 7) is 3.28. The third-order valence-electron chi connectivity index (χ3n) is 1.29. The summed E-state index contributed by atoms with van der Waals surface area (Å²) in [6, 6.07) is 0. The van der Waals surface area contributed by atoms with E-state index in [1.165, 1.54) is 18.4 Å². The van der Waals surface area contributed by atoms with Gasteiger partial charge in [-0.3, -0.25) is 0 Å². The number of nitrogens with zero attached hydrogens (tertiary/aromatic N) is 1. The van der Waals surface area contributed by atoms with Crippen LogP contribution in [-0.4, -0.2) is 26.8 Å². The van der Waals surface area contributed by atoms with Gasteiger partial charge in [0.1, 0.15) is 0 Å². The smallest absolute Gasteiger partial charge is 0.207 e. The molecule has 0 heterocycles. The van der Waals surface area contributed by atoms with E-state index in [0.29, 0.717) is 4.91 Å². The van der Waals surface area contributed by atoms with Gasteiger partial charge in [0.15, 0.2) is 0 Å². The van der Waals surface area contributed by atoms with Gasteiger partial charge in [0, 0.05) is 14.1 Å². The zero-order valence-corrected chi connectivity index (χ0v) is 7.57. The van der Waals surface area contributed by atoms with Crippen molar-refractivity contribution in [2.45, 2.75) is 13.8 Å². The Labute approximate surface area is 62.4 Å². The van der Waals surface area contributed by atoms with Crippen molar-refractivity contribution < 1.29 is 8.42 Å². The molecular formula is C6H13NO2S. The van der Waals surface area contributed by atoms with Crippen molar-refractivity contribution in [3.05, 3.63) is 11.0 Å². The standard InChI is InChI=1S/C6H13NO2S/c1-5-6(2)10(8,9)7(3)4/h5H,1-4H3/b6-5+. The van der Waals surface area contributed by atoms with Crippen LogP contribution in [0, 0.1) is 0 Å². The third-order valence-corrected chi connectivity index (χ3v) is 3.31. The lowest BCUT2D eigenvalue weighted by atomic mass is 10.6. The number of allylic oxidation sites excluding steroid dienone is 2. The Hall–Kier alpha value is -0.350. The molecule has 0 rings (SSSR count). The van der Waals surface area contributed by atoms with E-state index in [9.17, 15) is 8.42 Å².